The molecule has 2 heterocycles. The van der Waals surface area contributed by atoms with Crippen molar-refractivity contribution in [1.82, 2.24) is 20.1 Å². The van der Waals surface area contributed by atoms with E-state index in [1.807, 2.05) is 30.2 Å². The Morgan fingerprint density at radius 2 is 2.32 bits per heavy atom. The number of aryl methyl sites for hydroxylation is 1. The molecule has 0 radical (unpaired) electrons. The first-order valence-electron chi connectivity index (χ1n) is 6.45. The number of nitrogens with zero attached hydrogens (tertiary/aromatic N) is 3. The summed E-state index contributed by atoms with van der Waals surface area (Å²) in [6, 6.07) is 4.26. The summed E-state index contributed by atoms with van der Waals surface area (Å²) in [5, 5.41) is 6.74. The molecule has 0 spiro atoms. The number of aromatic amines is 1. The third-order valence-electron chi connectivity index (χ3n) is 3.38. The molecule has 5 heteroatoms. The second-order valence-corrected chi connectivity index (χ2v) is 4.93. The number of hydrogen-bond donors (Lipinski definition) is 1. The van der Waals surface area contributed by atoms with Crippen LogP contribution in [0.15, 0.2) is 30.7 Å². The molecule has 2 aromatic rings. The Hall–Kier alpha value is -2.17. The lowest BCUT2D eigenvalue weighted by atomic mass is 10.2. The van der Waals surface area contributed by atoms with Crippen LogP contribution in [0.5, 0.6) is 0 Å². The van der Waals surface area contributed by atoms with Crippen LogP contribution in [0.25, 0.3) is 0 Å². The second kappa shape index (κ2) is 4.84. The van der Waals surface area contributed by atoms with Gasteiger partial charge in [0, 0.05) is 30.7 Å². The molecule has 1 N–H and O–H groups in total. The maximum absolute atomic E-state index is 12.6. The molecule has 0 bridgehead atoms. The summed E-state index contributed by atoms with van der Waals surface area (Å²) >= 11 is 0. The maximum atomic E-state index is 12.6. The van der Waals surface area contributed by atoms with Crippen molar-refractivity contribution in [3.05, 3.63) is 47.5 Å². The number of H-pyrrole nitrogens is 1. The minimum atomic E-state index is 0.0533. The Morgan fingerprint density at radius 3 is 2.89 bits per heavy atom. The van der Waals surface area contributed by atoms with Gasteiger partial charge in [-0.1, -0.05) is 6.07 Å². The molecule has 0 aromatic carbocycles. The smallest absolute Gasteiger partial charge is 0.257 e. The largest absolute Gasteiger partial charge is 0.331 e. The van der Waals surface area contributed by atoms with Crippen molar-refractivity contribution in [1.29, 1.82) is 0 Å². The number of rotatable bonds is 4. The molecule has 1 saturated carbocycles. The van der Waals surface area contributed by atoms with Crippen LogP contribution in [0.3, 0.4) is 0 Å². The van der Waals surface area contributed by atoms with Crippen molar-refractivity contribution < 1.29 is 4.79 Å². The Morgan fingerprint density at radius 1 is 1.47 bits per heavy atom. The van der Waals surface area contributed by atoms with Gasteiger partial charge in [-0.05, 0) is 31.4 Å². The van der Waals surface area contributed by atoms with E-state index in [-0.39, 0.29) is 5.91 Å². The summed E-state index contributed by atoms with van der Waals surface area (Å²) in [5.74, 6) is 0.0533. The van der Waals surface area contributed by atoms with E-state index in [0.29, 0.717) is 18.2 Å². The first kappa shape index (κ1) is 11.9. The zero-order chi connectivity index (χ0) is 13.2. The summed E-state index contributed by atoms with van der Waals surface area (Å²) in [7, 11) is 0. The van der Waals surface area contributed by atoms with Crippen molar-refractivity contribution in [2.75, 3.05) is 0 Å². The lowest BCUT2D eigenvalue weighted by molar-refractivity contribution is 0.0729. The molecule has 98 valence electrons. The van der Waals surface area contributed by atoms with Crippen LogP contribution in [-0.4, -0.2) is 32.0 Å². The van der Waals surface area contributed by atoms with Gasteiger partial charge in [-0.25, -0.2) is 0 Å². The average molecular weight is 256 g/mol. The van der Waals surface area contributed by atoms with E-state index in [4.69, 9.17) is 0 Å². The lowest BCUT2D eigenvalue weighted by Crippen LogP contribution is -2.32. The van der Waals surface area contributed by atoms with Gasteiger partial charge in [0.1, 0.15) is 0 Å². The highest BCUT2D eigenvalue weighted by atomic mass is 16.2. The fraction of sp³-hybridized carbons (Fsp3) is 0.357. The number of amides is 1. The van der Waals surface area contributed by atoms with E-state index in [2.05, 4.69) is 15.2 Å². The van der Waals surface area contributed by atoms with Gasteiger partial charge in [0.25, 0.3) is 5.91 Å². The molecule has 0 aliphatic heterocycles. The lowest BCUT2D eigenvalue weighted by Gasteiger charge is -2.22. The highest BCUT2D eigenvalue weighted by Gasteiger charge is 2.33. The summed E-state index contributed by atoms with van der Waals surface area (Å²) in [5.41, 5.74) is 2.54. The van der Waals surface area contributed by atoms with Crippen LogP contribution in [0.1, 0.15) is 34.5 Å². The highest BCUT2D eigenvalue weighted by Crippen LogP contribution is 2.30. The zero-order valence-electron chi connectivity index (χ0n) is 10.8. The summed E-state index contributed by atoms with van der Waals surface area (Å²) < 4.78 is 0. The highest BCUT2D eigenvalue weighted by molar-refractivity contribution is 5.95. The Kier molecular flexibility index (Phi) is 3.03. The van der Waals surface area contributed by atoms with E-state index < -0.39 is 0 Å². The van der Waals surface area contributed by atoms with E-state index >= 15 is 0 Å². The van der Waals surface area contributed by atoms with Crippen molar-refractivity contribution in [2.45, 2.75) is 32.4 Å². The minimum Gasteiger partial charge on any atom is -0.331 e. The molecule has 2 aromatic heterocycles. The molecule has 0 saturated heterocycles. The van der Waals surface area contributed by atoms with Crippen LogP contribution < -0.4 is 0 Å². The summed E-state index contributed by atoms with van der Waals surface area (Å²) in [4.78, 5) is 18.6. The SMILES string of the molecule is Cc1[nH]ncc1C(=O)N(Cc1cccnc1)C1CC1. The van der Waals surface area contributed by atoms with E-state index in [1.165, 1.54) is 0 Å². The molecule has 1 aliphatic carbocycles. The third kappa shape index (κ3) is 2.50. The molecule has 0 atom stereocenters. The third-order valence-corrected chi connectivity index (χ3v) is 3.38. The van der Waals surface area contributed by atoms with Gasteiger partial charge in [-0.3, -0.25) is 14.9 Å². The number of hydrogen-bond acceptors (Lipinski definition) is 3. The second-order valence-electron chi connectivity index (χ2n) is 4.93. The van der Waals surface area contributed by atoms with Crippen LogP contribution in [0, 0.1) is 6.92 Å². The monoisotopic (exact) mass is 256 g/mol. The van der Waals surface area contributed by atoms with Crippen LogP contribution in [0.2, 0.25) is 0 Å². The van der Waals surface area contributed by atoms with E-state index in [1.54, 1.807) is 12.4 Å². The van der Waals surface area contributed by atoms with E-state index in [9.17, 15) is 4.79 Å². The zero-order valence-corrected chi connectivity index (χ0v) is 10.8. The molecule has 3 rings (SSSR count). The van der Waals surface area contributed by atoms with Crippen LogP contribution >= 0.6 is 0 Å². The van der Waals surface area contributed by atoms with Crippen molar-refractivity contribution in [2.24, 2.45) is 0 Å². The minimum absolute atomic E-state index is 0.0533. The fourth-order valence-electron chi connectivity index (χ4n) is 2.16. The van der Waals surface area contributed by atoms with Crippen molar-refractivity contribution in [3.63, 3.8) is 0 Å². The molecule has 1 fully saturated rings. The topological polar surface area (TPSA) is 61.9 Å². The number of aromatic nitrogens is 3. The van der Waals surface area contributed by atoms with Crippen LogP contribution in [0.4, 0.5) is 0 Å². The molecule has 1 aliphatic rings. The standard InChI is InChI=1S/C14H16N4O/c1-10-13(8-16-17-10)14(19)18(12-4-5-12)9-11-3-2-6-15-7-11/h2-3,6-8,12H,4-5,9H2,1H3,(H,16,17). The Balaban J connectivity index is 1.82. The van der Waals surface area contributed by atoms with Gasteiger partial charge >= 0.3 is 0 Å². The number of nitrogens with one attached hydrogen (secondary N) is 1. The number of pyridine rings is 1. The first-order chi connectivity index (χ1) is 9.25. The summed E-state index contributed by atoms with van der Waals surface area (Å²) in [6.45, 7) is 2.48. The average Bonchev–Trinajstić information content (AvgIpc) is 3.18. The molecular weight excluding hydrogens is 240 g/mol. The van der Waals surface area contributed by atoms with Gasteiger partial charge in [0.05, 0.1) is 11.8 Å². The van der Waals surface area contributed by atoms with Gasteiger partial charge < -0.3 is 4.90 Å². The van der Waals surface area contributed by atoms with E-state index in [0.717, 1.165) is 24.1 Å². The normalized spacial score (nSPS) is 14.4. The van der Waals surface area contributed by atoms with Crippen molar-refractivity contribution >= 4 is 5.91 Å². The van der Waals surface area contributed by atoms with Gasteiger partial charge in [-0.15, -0.1) is 0 Å². The predicted octanol–water partition coefficient (Wildman–Crippen LogP) is 1.92. The maximum Gasteiger partial charge on any atom is 0.257 e. The van der Waals surface area contributed by atoms with Gasteiger partial charge in [0.2, 0.25) is 0 Å². The quantitative estimate of drug-likeness (QED) is 0.909. The number of carbonyl (C=O) groups excluding carboxylic acids is 1. The fourth-order valence-corrected chi connectivity index (χ4v) is 2.16. The predicted molar refractivity (Wildman–Crippen MR) is 70.5 cm³/mol. The first-order valence-corrected chi connectivity index (χ1v) is 6.45. The molecular formula is C14H16N4O. The molecule has 5 nitrogen and oxygen atoms in total. The molecule has 19 heavy (non-hydrogen) atoms. The van der Waals surface area contributed by atoms with Crippen molar-refractivity contribution in [3.8, 4) is 0 Å². The van der Waals surface area contributed by atoms with Gasteiger partial charge in [0.15, 0.2) is 0 Å². The van der Waals surface area contributed by atoms with Gasteiger partial charge in [-0.2, -0.15) is 5.10 Å². The number of carbonyl (C=O) groups is 1. The van der Waals surface area contributed by atoms with Crippen LogP contribution in [-0.2, 0) is 6.54 Å². The molecule has 1 amide bonds. The Labute approximate surface area is 111 Å². The Bertz CT molecular complexity index is 574. The summed E-state index contributed by atoms with van der Waals surface area (Å²) in [6.07, 6.45) is 7.33. The molecule has 0 unspecified atom stereocenters.